The standard InChI is InChI=1S/C12H18N2O2S.ClH/c1-9(11-3-2-6-17-11)14-12(15)7-10-8-16-5-4-13-10;/h2-3,6,9-10,13H,4-5,7-8H2,1H3,(H,14,15);1H. The quantitative estimate of drug-likeness (QED) is 0.888. The van der Waals surface area contributed by atoms with Gasteiger partial charge in [-0.05, 0) is 18.4 Å². The number of carbonyl (C=O) groups is 1. The first-order valence-electron chi connectivity index (χ1n) is 5.89. The first-order chi connectivity index (χ1) is 8.25. The van der Waals surface area contributed by atoms with Gasteiger partial charge in [0, 0.05) is 23.9 Å². The molecule has 102 valence electrons. The van der Waals surface area contributed by atoms with Crippen LogP contribution in [0.25, 0.3) is 0 Å². The largest absolute Gasteiger partial charge is 0.378 e. The first kappa shape index (κ1) is 15.4. The summed E-state index contributed by atoms with van der Waals surface area (Å²) >= 11 is 1.66. The zero-order valence-corrected chi connectivity index (χ0v) is 12.0. The Morgan fingerprint density at radius 3 is 3.17 bits per heavy atom. The highest BCUT2D eigenvalue weighted by molar-refractivity contribution is 7.10. The van der Waals surface area contributed by atoms with Crippen molar-refractivity contribution in [3.63, 3.8) is 0 Å². The summed E-state index contributed by atoms with van der Waals surface area (Å²) in [4.78, 5) is 13.0. The highest BCUT2D eigenvalue weighted by Crippen LogP contribution is 2.18. The molecule has 0 aliphatic carbocycles. The third-order valence-corrected chi connectivity index (χ3v) is 3.83. The van der Waals surface area contributed by atoms with Crippen LogP contribution in [-0.4, -0.2) is 31.7 Å². The van der Waals surface area contributed by atoms with Gasteiger partial charge < -0.3 is 15.4 Å². The summed E-state index contributed by atoms with van der Waals surface area (Å²) in [5.41, 5.74) is 0. The summed E-state index contributed by atoms with van der Waals surface area (Å²) in [6.07, 6.45) is 0.482. The second-order valence-electron chi connectivity index (χ2n) is 4.23. The molecule has 6 heteroatoms. The second-order valence-corrected chi connectivity index (χ2v) is 5.21. The molecule has 0 spiro atoms. The van der Waals surface area contributed by atoms with Crippen LogP contribution in [0.3, 0.4) is 0 Å². The molecule has 2 rings (SSSR count). The van der Waals surface area contributed by atoms with Crippen molar-refractivity contribution in [1.29, 1.82) is 0 Å². The molecule has 1 fully saturated rings. The maximum absolute atomic E-state index is 11.8. The van der Waals surface area contributed by atoms with E-state index in [1.165, 1.54) is 4.88 Å². The Kier molecular flexibility index (Phi) is 6.63. The average molecular weight is 291 g/mol. The van der Waals surface area contributed by atoms with Crippen LogP contribution in [0, 0.1) is 0 Å². The number of rotatable bonds is 4. The van der Waals surface area contributed by atoms with Crippen molar-refractivity contribution in [1.82, 2.24) is 10.6 Å². The minimum Gasteiger partial charge on any atom is -0.378 e. The maximum atomic E-state index is 11.8. The number of thiophene rings is 1. The Morgan fingerprint density at radius 1 is 1.72 bits per heavy atom. The number of hydrogen-bond acceptors (Lipinski definition) is 4. The second kappa shape index (κ2) is 7.74. The number of halogens is 1. The molecule has 2 unspecified atom stereocenters. The van der Waals surface area contributed by atoms with Crippen molar-refractivity contribution in [2.75, 3.05) is 19.8 Å². The van der Waals surface area contributed by atoms with Gasteiger partial charge in [-0.25, -0.2) is 0 Å². The van der Waals surface area contributed by atoms with Crippen molar-refractivity contribution in [3.05, 3.63) is 22.4 Å². The van der Waals surface area contributed by atoms with E-state index in [1.54, 1.807) is 11.3 Å². The molecule has 0 saturated carbocycles. The van der Waals surface area contributed by atoms with E-state index < -0.39 is 0 Å². The van der Waals surface area contributed by atoms with E-state index in [0.29, 0.717) is 13.0 Å². The number of ether oxygens (including phenoxy) is 1. The monoisotopic (exact) mass is 290 g/mol. The van der Waals surface area contributed by atoms with Crippen molar-refractivity contribution in [3.8, 4) is 0 Å². The third kappa shape index (κ3) is 4.57. The number of amides is 1. The zero-order chi connectivity index (χ0) is 12.1. The lowest BCUT2D eigenvalue weighted by atomic mass is 10.1. The summed E-state index contributed by atoms with van der Waals surface area (Å²) < 4.78 is 5.32. The molecule has 2 N–H and O–H groups in total. The molecule has 1 saturated heterocycles. The van der Waals surface area contributed by atoms with Crippen LogP contribution in [0.15, 0.2) is 17.5 Å². The van der Waals surface area contributed by atoms with Gasteiger partial charge in [-0.2, -0.15) is 0 Å². The Hall–Kier alpha value is -0.620. The molecule has 1 aromatic rings. The minimum absolute atomic E-state index is 0. The van der Waals surface area contributed by atoms with E-state index in [1.807, 2.05) is 24.4 Å². The molecule has 1 aliphatic rings. The predicted molar refractivity (Wildman–Crippen MR) is 75.4 cm³/mol. The molecule has 0 radical (unpaired) electrons. The molecular formula is C12H19ClN2O2S. The van der Waals surface area contributed by atoms with E-state index in [9.17, 15) is 4.79 Å². The fourth-order valence-electron chi connectivity index (χ4n) is 1.88. The fourth-order valence-corrected chi connectivity index (χ4v) is 2.62. The molecule has 18 heavy (non-hydrogen) atoms. The van der Waals surface area contributed by atoms with Gasteiger partial charge in [0.1, 0.15) is 0 Å². The van der Waals surface area contributed by atoms with E-state index >= 15 is 0 Å². The molecule has 2 heterocycles. The lowest BCUT2D eigenvalue weighted by Gasteiger charge is -2.23. The van der Waals surface area contributed by atoms with Crippen molar-refractivity contribution in [2.45, 2.75) is 25.4 Å². The highest BCUT2D eigenvalue weighted by Gasteiger charge is 2.18. The van der Waals surface area contributed by atoms with Crippen molar-refractivity contribution >= 4 is 29.7 Å². The van der Waals surface area contributed by atoms with Gasteiger partial charge in [0.05, 0.1) is 19.3 Å². The molecule has 1 aliphatic heterocycles. The van der Waals surface area contributed by atoms with Crippen LogP contribution in [-0.2, 0) is 9.53 Å². The van der Waals surface area contributed by atoms with Gasteiger partial charge in [0.15, 0.2) is 0 Å². The van der Waals surface area contributed by atoms with Gasteiger partial charge in [-0.3, -0.25) is 4.79 Å². The summed E-state index contributed by atoms with van der Waals surface area (Å²) in [6.45, 7) is 4.21. The zero-order valence-electron chi connectivity index (χ0n) is 10.3. The minimum atomic E-state index is 0. The van der Waals surface area contributed by atoms with Crippen LogP contribution in [0.4, 0.5) is 0 Å². The van der Waals surface area contributed by atoms with Gasteiger partial charge in [-0.1, -0.05) is 6.07 Å². The molecule has 1 amide bonds. The lowest BCUT2D eigenvalue weighted by molar-refractivity contribution is -0.122. The van der Waals surface area contributed by atoms with Gasteiger partial charge >= 0.3 is 0 Å². The molecular weight excluding hydrogens is 272 g/mol. The Morgan fingerprint density at radius 2 is 2.56 bits per heavy atom. The number of morpholine rings is 1. The molecule has 1 aromatic heterocycles. The first-order valence-corrected chi connectivity index (χ1v) is 6.77. The molecule has 2 atom stereocenters. The van der Waals surface area contributed by atoms with Crippen LogP contribution >= 0.6 is 23.7 Å². The fraction of sp³-hybridized carbons (Fsp3) is 0.583. The van der Waals surface area contributed by atoms with Gasteiger partial charge in [-0.15, -0.1) is 23.7 Å². The van der Waals surface area contributed by atoms with Crippen LogP contribution in [0.1, 0.15) is 24.3 Å². The van der Waals surface area contributed by atoms with Crippen molar-refractivity contribution in [2.24, 2.45) is 0 Å². The Labute approximate surface area is 118 Å². The third-order valence-electron chi connectivity index (χ3n) is 2.78. The highest BCUT2D eigenvalue weighted by atomic mass is 35.5. The van der Waals surface area contributed by atoms with E-state index in [-0.39, 0.29) is 30.4 Å². The molecule has 0 bridgehead atoms. The van der Waals surface area contributed by atoms with Gasteiger partial charge in [0.2, 0.25) is 5.91 Å². The molecule has 4 nitrogen and oxygen atoms in total. The molecule has 0 aromatic carbocycles. The number of hydrogen-bond donors (Lipinski definition) is 2. The maximum Gasteiger partial charge on any atom is 0.222 e. The summed E-state index contributed by atoms with van der Waals surface area (Å²) in [5, 5.41) is 8.30. The van der Waals surface area contributed by atoms with Crippen LogP contribution in [0.5, 0.6) is 0 Å². The van der Waals surface area contributed by atoms with E-state index in [2.05, 4.69) is 10.6 Å². The average Bonchev–Trinajstić information content (AvgIpc) is 2.83. The van der Waals surface area contributed by atoms with Crippen molar-refractivity contribution < 1.29 is 9.53 Å². The van der Waals surface area contributed by atoms with E-state index in [0.717, 1.165) is 13.2 Å². The number of nitrogens with one attached hydrogen (secondary N) is 2. The lowest BCUT2D eigenvalue weighted by Crippen LogP contribution is -2.44. The topological polar surface area (TPSA) is 50.4 Å². The van der Waals surface area contributed by atoms with E-state index in [4.69, 9.17) is 4.74 Å². The van der Waals surface area contributed by atoms with Gasteiger partial charge in [0.25, 0.3) is 0 Å². The Balaban J connectivity index is 0.00000162. The van der Waals surface area contributed by atoms with Crippen LogP contribution < -0.4 is 10.6 Å². The summed E-state index contributed by atoms with van der Waals surface area (Å²) in [6, 6.07) is 4.28. The summed E-state index contributed by atoms with van der Waals surface area (Å²) in [5.74, 6) is 0.0777. The summed E-state index contributed by atoms with van der Waals surface area (Å²) in [7, 11) is 0. The Bertz CT molecular complexity index is 353. The predicted octanol–water partition coefficient (Wildman–Crippen LogP) is 1.73. The van der Waals surface area contributed by atoms with Crippen LogP contribution in [0.2, 0.25) is 0 Å². The number of carbonyl (C=O) groups excluding carboxylic acids is 1. The SMILES string of the molecule is CC(NC(=O)CC1COCCN1)c1cccs1.Cl. The smallest absolute Gasteiger partial charge is 0.222 e. The normalized spacial score (nSPS) is 20.8.